The molecule has 1 atom stereocenters. The number of carbonyl (C=O) groups excluding carboxylic acids is 1. The molecule has 0 aromatic rings. The zero-order valence-electron chi connectivity index (χ0n) is 7.11. The van der Waals surface area contributed by atoms with Crippen LogP contribution in [0.3, 0.4) is 0 Å². The fourth-order valence-corrected chi connectivity index (χ4v) is 0.622. The van der Waals surface area contributed by atoms with Crippen LogP contribution < -0.4 is 0 Å². The number of aliphatic carboxylic acids is 1. The summed E-state index contributed by atoms with van der Waals surface area (Å²) in [4.78, 5) is 21.1. The highest BCUT2D eigenvalue weighted by molar-refractivity contribution is 5.98. The molecular formula is C8H12O4. The number of Topliss-reactive ketones (excluding diaryl/α,β-unsaturated/α-hetero) is 1. The van der Waals surface area contributed by atoms with E-state index in [-0.39, 0.29) is 0 Å². The van der Waals surface area contributed by atoms with Crippen molar-refractivity contribution in [2.75, 3.05) is 6.61 Å². The van der Waals surface area contributed by atoms with Gasteiger partial charge in [0.2, 0.25) is 0 Å². The maximum Gasteiger partial charge on any atom is 0.318 e. The standard InChI is InChI=1S/C8H12O4/c1-3-12-5-4-7(6(2)9)8(10)11/h4-5,7H,3H2,1-2H3,(H,10,11). The number of ether oxygens (including phenoxy) is 1. The Bertz CT molecular complexity index is 181. The van der Waals surface area contributed by atoms with Gasteiger partial charge < -0.3 is 9.84 Å². The molecular weight excluding hydrogens is 160 g/mol. The van der Waals surface area contributed by atoms with Gasteiger partial charge in [0.1, 0.15) is 11.7 Å². The van der Waals surface area contributed by atoms with Crippen LogP contribution in [0.4, 0.5) is 0 Å². The first kappa shape index (κ1) is 10.7. The second kappa shape index (κ2) is 5.35. The molecule has 0 saturated heterocycles. The Hall–Kier alpha value is -1.32. The van der Waals surface area contributed by atoms with Gasteiger partial charge in [-0.1, -0.05) is 0 Å². The predicted octanol–water partition coefficient (Wildman–Crippen LogP) is 0.826. The van der Waals surface area contributed by atoms with Gasteiger partial charge in [-0.2, -0.15) is 0 Å². The number of carboxylic acid groups (broad SMARTS) is 1. The number of carbonyl (C=O) groups is 2. The summed E-state index contributed by atoms with van der Waals surface area (Å²) in [7, 11) is 0. The smallest absolute Gasteiger partial charge is 0.318 e. The number of hydrogen-bond acceptors (Lipinski definition) is 3. The van der Waals surface area contributed by atoms with Crippen LogP contribution in [-0.4, -0.2) is 23.5 Å². The van der Waals surface area contributed by atoms with Crippen molar-refractivity contribution >= 4 is 11.8 Å². The van der Waals surface area contributed by atoms with E-state index < -0.39 is 17.7 Å². The highest BCUT2D eigenvalue weighted by Gasteiger charge is 2.18. The highest BCUT2D eigenvalue weighted by Crippen LogP contribution is 2.00. The molecule has 0 aliphatic rings. The second-order valence-corrected chi connectivity index (χ2v) is 2.21. The molecule has 68 valence electrons. The average molecular weight is 172 g/mol. The van der Waals surface area contributed by atoms with Crippen LogP contribution in [0.2, 0.25) is 0 Å². The number of carboxylic acids is 1. The molecule has 0 aromatic heterocycles. The third kappa shape index (κ3) is 3.75. The van der Waals surface area contributed by atoms with E-state index in [1.54, 1.807) is 6.92 Å². The van der Waals surface area contributed by atoms with Crippen LogP contribution in [-0.2, 0) is 14.3 Å². The summed E-state index contributed by atoms with van der Waals surface area (Å²) in [5.74, 6) is -2.64. The van der Waals surface area contributed by atoms with Gasteiger partial charge in [-0.3, -0.25) is 9.59 Å². The fourth-order valence-electron chi connectivity index (χ4n) is 0.622. The van der Waals surface area contributed by atoms with E-state index in [1.807, 2.05) is 0 Å². The normalized spacial score (nSPS) is 12.8. The zero-order valence-corrected chi connectivity index (χ0v) is 7.11. The van der Waals surface area contributed by atoms with Crippen LogP contribution in [0, 0.1) is 5.92 Å². The molecule has 0 aromatic carbocycles. The number of ketones is 1. The van der Waals surface area contributed by atoms with E-state index in [9.17, 15) is 9.59 Å². The average Bonchev–Trinajstić information content (AvgIpc) is 1.96. The lowest BCUT2D eigenvalue weighted by Crippen LogP contribution is -2.18. The van der Waals surface area contributed by atoms with E-state index in [2.05, 4.69) is 0 Å². The maximum absolute atomic E-state index is 10.7. The predicted molar refractivity (Wildman–Crippen MR) is 42.6 cm³/mol. The van der Waals surface area contributed by atoms with Crippen molar-refractivity contribution in [3.8, 4) is 0 Å². The third-order valence-electron chi connectivity index (χ3n) is 1.24. The van der Waals surface area contributed by atoms with E-state index in [4.69, 9.17) is 9.84 Å². The van der Waals surface area contributed by atoms with Crippen LogP contribution in [0.1, 0.15) is 13.8 Å². The maximum atomic E-state index is 10.7. The molecule has 0 bridgehead atoms. The molecule has 1 N–H and O–H groups in total. The van der Waals surface area contributed by atoms with Crippen molar-refractivity contribution in [1.82, 2.24) is 0 Å². The van der Waals surface area contributed by atoms with Gasteiger partial charge in [-0.05, 0) is 19.9 Å². The summed E-state index contributed by atoms with van der Waals surface area (Å²) in [6, 6.07) is 0. The van der Waals surface area contributed by atoms with Gasteiger partial charge in [0.15, 0.2) is 0 Å². The second-order valence-electron chi connectivity index (χ2n) is 2.21. The molecule has 0 amide bonds. The van der Waals surface area contributed by atoms with Crippen molar-refractivity contribution < 1.29 is 19.4 Å². The molecule has 12 heavy (non-hydrogen) atoms. The van der Waals surface area contributed by atoms with Crippen LogP contribution in [0.5, 0.6) is 0 Å². The summed E-state index contributed by atoms with van der Waals surface area (Å²) in [6.45, 7) is 3.46. The van der Waals surface area contributed by atoms with Gasteiger partial charge in [-0.15, -0.1) is 0 Å². The van der Waals surface area contributed by atoms with E-state index in [0.717, 1.165) is 0 Å². The van der Waals surface area contributed by atoms with Crippen LogP contribution in [0.25, 0.3) is 0 Å². The van der Waals surface area contributed by atoms with Crippen molar-refractivity contribution in [3.05, 3.63) is 12.3 Å². The molecule has 0 fully saturated rings. The van der Waals surface area contributed by atoms with Gasteiger partial charge in [0, 0.05) is 0 Å². The summed E-state index contributed by atoms with van der Waals surface area (Å²) < 4.78 is 4.77. The molecule has 0 aliphatic carbocycles. The van der Waals surface area contributed by atoms with Gasteiger partial charge >= 0.3 is 5.97 Å². The van der Waals surface area contributed by atoms with E-state index in [0.29, 0.717) is 6.61 Å². The number of rotatable bonds is 5. The fraction of sp³-hybridized carbons (Fsp3) is 0.500. The molecule has 0 rings (SSSR count). The monoisotopic (exact) mass is 172 g/mol. The van der Waals surface area contributed by atoms with Crippen LogP contribution in [0.15, 0.2) is 12.3 Å². The Morgan fingerprint density at radius 2 is 2.17 bits per heavy atom. The van der Waals surface area contributed by atoms with Gasteiger partial charge in [-0.25, -0.2) is 0 Å². The zero-order chi connectivity index (χ0) is 9.56. The van der Waals surface area contributed by atoms with Gasteiger partial charge in [0.25, 0.3) is 0 Å². The number of hydrogen-bond donors (Lipinski definition) is 1. The summed E-state index contributed by atoms with van der Waals surface area (Å²) in [5.41, 5.74) is 0. The summed E-state index contributed by atoms with van der Waals surface area (Å²) >= 11 is 0. The topological polar surface area (TPSA) is 63.6 Å². The molecule has 0 aliphatic heterocycles. The summed E-state index contributed by atoms with van der Waals surface area (Å²) in [6.07, 6.45) is 2.47. The molecule has 4 heteroatoms. The van der Waals surface area contributed by atoms with Crippen molar-refractivity contribution in [3.63, 3.8) is 0 Å². The molecule has 1 unspecified atom stereocenters. The summed E-state index contributed by atoms with van der Waals surface area (Å²) in [5, 5.41) is 8.52. The highest BCUT2D eigenvalue weighted by atomic mass is 16.5. The van der Waals surface area contributed by atoms with Crippen molar-refractivity contribution in [2.45, 2.75) is 13.8 Å². The lowest BCUT2D eigenvalue weighted by atomic mass is 10.1. The first-order chi connectivity index (χ1) is 5.59. The SMILES string of the molecule is CCOC=CC(C(C)=O)C(=O)O. The van der Waals surface area contributed by atoms with Crippen LogP contribution >= 0.6 is 0 Å². The Balaban J connectivity index is 4.14. The Morgan fingerprint density at radius 1 is 1.58 bits per heavy atom. The minimum atomic E-state index is -1.15. The Morgan fingerprint density at radius 3 is 2.50 bits per heavy atom. The quantitative estimate of drug-likeness (QED) is 0.492. The minimum Gasteiger partial charge on any atom is -0.502 e. The molecule has 4 nitrogen and oxygen atoms in total. The van der Waals surface area contributed by atoms with Crippen molar-refractivity contribution in [2.24, 2.45) is 5.92 Å². The lowest BCUT2D eigenvalue weighted by molar-refractivity contribution is -0.143. The first-order valence-corrected chi connectivity index (χ1v) is 3.61. The first-order valence-electron chi connectivity index (χ1n) is 3.61. The largest absolute Gasteiger partial charge is 0.502 e. The molecule has 0 radical (unpaired) electrons. The molecule has 0 heterocycles. The Kier molecular flexibility index (Phi) is 4.76. The molecule has 0 spiro atoms. The minimum absolute atomic E-state index is 0.404. The Labute approximate surface area is 70.8 Å². The van der Waals surface area contributed by atoms with E-state index in [1.165, 1.54) is 19.3 Å². The van der Waals surface area contributed by atoms with Crippen molar-refractivity contribution in [1.29, 1.82) is 0 Å². The lowest BCUT2D eigenvalue weighted by Gasteiger charge is -2.01. The molecule has 0 saturated carbocycles. The third-order valence-corrected chi connectivity index (χ3v) is 1.24. The van der Waals surface area contributed by atoms with Gasteiger partial charge in [0.05, 0.1) is 12.9 Å². The van der Waals surface area contributed by atoms with E-state index >= 15 is 0 Å².